The lowest BCUT2D eigenvalue weighted by molar-refractivity contribution is -0.117. The van der Waals surface area contributed by atoms with Crippen LogP contribution < -0.4 is 5.32 Å². The number of amides is 1. The summed E-state index contributed by atoms with van der Waals surface area (Å²) in [5.41, 5.74) is 3.04. The van der Waals surface area contributed by atoms with E-state index in [9.17, 15) is 4.79 Å². The molecule has 2 aromatic rings. The van der Waals surface area contributed by atoms with Gasteiger partial charge in [-0.2, -0.15) is 0 Å². The summed E-state index contributed by atoms with van der Waals surface area (Å²) >= 11 is 6.19. The Morgan fingerprint density at radius 1 is 1.26 bits per heavy atom. The maximum Gasteiger partial charge on any atom is 0.238 e. The molecular formula is C19H21ClN2O. The van der Waals surface area contributed by atoms with Gasteiger partial charge in [0.2, 0.25) is 5.91 Å². The Hall–Kier alpha value is -1.84. The molecule has 4 heteroatoms. The van der Waals surface area contributed by atoms with Crippen molar-refractivity contribution in [2.24, 2.45) is 0 Å². The standard InChI is InChI=1S/C19H21ClN2O/c1-14-9-10-17(16(20)12-14)21-19(23)13-22-11-5-8-18(22)15-6-3-2-4-7-15/h2-4,6-7,9-10,12,18H,5,8,11,13H2,1H3,(H,21,23)/t18-/m1/s1. The normalized spacial score (nSPS) is 18.1. The summed E-state index contributed by atoms with van der Waals surface area (Å²) in [5, 5.41) is 3.51. The van der Waals surface area contributed by atoms with E-state index in [4.69, 9.17) is 11.6 Å². The van der Waals surface area contributed by atoms with Crippen molar-refractivity contribution in [3.63, 3.8) is 0 Å². The molecule has 1 fully saturated rings. The van der Waals surface area contributed by atoms with Crippen LogP contribution in [-0.2, 0) is 4.79 Å². The zero-order valence-corrected chi connectivity index (χ0v) is 14.0. The highest BCUT2D eigenvalue weighted by atomic mass is 35.5. The lowest BCUT2D eigenvalue weighted by Crippen LogP contribution is -2.33. The number of rotatable bonds is 4. The number of hydrogen-bond donors (Lipinski definition) is 1. The molecule has 1 amide bonds. The largest absolute Gasteiger partial charge is 0.324 e. The highest BCUT2D eigenvalue weighted by Gasteiger charge is 2.27. The lowest BCUT2D eigenvalue weighted by atomic mass is 10.0. The molecule has 0 unspecified atom stereocenters. The smallest absolute Gasteiger partial charge is 0.238 e. The fraction of sp³-hybridized carbons (Fsp3) is 0.316. The molecule has 23 heavy (non-hydrogen) atoms. The molecule has 120 valence electrons. The first-order chi connectivity index (χ1) is 11.1. The van der Waals surface area contributed by atoms with Crippen molar-refractivity contribution in [1.82, 2.24) is 4.90 Å². The van der Waals surface area contributed by atoms with Crippen LogP contribution in [0.2, 0.25) is 5.02 Å². The fourth-order valence-corrected chi connectivity index (χ4v) is 3.45. The molecule has 0 spiro atoms. The number of carbonyl (C=O) groups excluding carboxylic acids is 1. The van der Waals surface area contributed by atoms with Crippen molar-refractivity contribution in [2.45, 2.75) is 25.8 Å². The Balaban J connectivity index is 1.65. The zero-order valence-electron chi connectivity index (χ0n) is 13.3. The number of carbonyl (C=O) groups is 1. The summed E-state index contributed by atoms with van der Waals surface area (Å²) in [6.07, 6.45) is 2.22. The Morgan fingerprint density at radius 3 is 2.78 bits per heavy atom. The Bertz CT molecular complexity index is 687. The minimum Gasteiger partial charge on any atom is -0.324 e. The molecule has 1 saturated heterocycles. The van der Waals surface area contributed by atoms with Crippen LogP contribution in [0, 0.1) is 6.92 Å². The third-order valence-electron chi connectivity index (χ3n) is 4.29. The number of nitrogens with zero attached hydrogens (tertiary/aromatic N) is 1. The van der Waals surface area contributed by atoms with Gasteiger partial charge in [-0.3, -0.25) is 9.69 Å². The molecule has 2 aromatic carbocycles. The van der Waals surface area contributed by atoms with Gasteiger partial charge in [0.1, 0.15) is 0 Å². The van der Waals surface area contributed by atoms with Gasteiger partial charge in [0.05, 0.1) is 17.3 Å². The van der Waals surface area contributed by atoms with Gasteiger partial charge in [0.25, 0.3) is 0 Å². The predicted molar refractivity (Wildman–Crippen MR) is 94.8 cm³/mol. The van der Waals surface area contributed by atoms with E-state index in [1.807, 2.05) is 31.2 Å². The Labute approximate surface area is 142 Å². The van der Waals surface area contributed by atoms with Gasteiger partial charge in [-0.05, 0) is 49.6 Å². The van der Waals surface area contributed by atoms with Crippen molar-refractivity contribution in [3.8, 4) is 0 Å². The number of benzene rings is 2. The van der Waals surface area contributed by atoms with Crippen LogP contribution in [0.3, 0.4) is 0 Å². The fourth-order valence-electron chi connectivity index (χ4n) is 3.16. The van der Waals surface area contributed by atoms with Crippen molar-refractivity contribution in [2.75, 3.05) is 18.4 Å². The van der Waals surface area contributed by atoms with E-state index in [-0.39, 0.29) is 5.91 Å². The average Bonchev–Trinajstić information content (AvgIpc) is 2.99. The quantitative estimate of drug-likeness (QED) is 0.900. The number of likely N-dealkylation sites (tertiary alicyclic amines) is 1. The van der Waals surface area contributed by atoms with Crippen LogP contribution in [0.1, 0.15) is 30.0 Å². The van der Waals surface area contributed by atoms with Crippen LogP contribution in [0.15, 0.2) is 48.5 Å². The predicted octanol–water partition coefficient (Wildman–Crippen LogP) is 4.42. The topological polar surface area (TPSA) is 32.3 Å². The van der Waals surface area contributed by atoms with E-state index >= 15 is 0 Å². The average molecular weight is 329 g/mol. The third-order valence-corrected chi connectivity index (χ3v) is 4.61. The Kier molecular flexibility index (Phi) is 4.99. The molecule has 3 nitrogen and oxygen atoms in total. The van der Waals surface area contributed by atoms with E-state index < -0.39 is 0 Å². The van der Waals surface area contributed by atoms with Gasteiger partial charge in [-0.25, -0.2) is 0 Å². The summed E-state index contributed by atoms with van der Waals surface area (Å²) in [6.45, 7) is 3.32. The van der Waals surface area contributed by atoms with Crippen molar-refractivity contribution >= 4 is 23.2 Å². The van der Waals surface area contributed by atoms with Gasteiger partial charge in [-0.15, -0.1) is 0 Å². The first-order valence-corrected chi connectivity index (χ1v) is 8.36. The Morgan fingerprint density at radius 2 is 2.04 bits per heavy atom. The molecule has 1 N–H and O–H groups in total. The van der Waals surface area contributed by atoms with E-state index in [1.54, 1.807) is 0 Å². The number of nitrogens with one attached hydrogen (secondary N) is 1. The van der Waals surface area contributed by atoms with E-state index in [2.05, 4.69) is 34.5 Å². The lowest BCUT2D eigenvalue weighted by Gasteiger charge is -2.24. The monoisotopic (exact) mass is 328 g/mol. The highest BCUT2D eigenvalue weighted by molar-refractivity contribution is 6.33. The molecule has 0 radical (unpaired) electrons. The summed E-state index contributed by atoms with van der Waals surface area (Å²) in [5.74, 6) is -0.0152. The van der Waals surface area contributed by atoms with Gasteiger partial charge in [-0.1, -0.05) is 48.0 Å². The first-order valence-electron chi connectivity index (χ1n) is 7.98. The van der Waals surface area contributed by atoms with Gasteiger partial charge >= 0.3 is 0 Å². The van der Waals surface area contributed by atoms with Gasteiger partial charge in [0, 0.05) is 6.04 Å². The van der Waals surface area contributed by atoms with Crippen LogP contribution in [0.25, 0.3) is 0 Å². The van der Waals surface area contributed by atoms with Crippen molar-refractivity contribution in [3.05, 3.63) is 64.7 Å². The molecule has 0 aromatic heterocycles. The molecule has 3 rings (SSSR count). The molecule has 1 atom stereocenters. The second-order valence-electron chi connectivity index (χ2n) is 6.07. The minimum atomic E-state index is -0.0152. The second-order valence-corrected chi connectivity index (χ2v) is 6.48. The second kappa shape index (κ2) is 7.16. The third kappa shape index (κ3) is 3.92. The van der Waals surface area contributed by atoms with Crippen LogP contribution >= 0.6 is 11.6 Å². The number of anilines is 1. The molecule has 1 aliphatic heterocycles. The van der Waals surface area contributed by atoms with Gasteiger partial charge < -0.3 is 5.32 Å². The number of aryl methyl sites for hydroxylation is 1. The van der Waals surface area contributed by atoms with Crippen LogP contribution in [-0.4, -0.2) is 23.9 Å². The summed E-state index contributed by atoms with van der Waals surface area (Å²) in [7, 11) is 0. The van der Waals surface area contributed by atoms with E-state index in [1.165, 1.54) is 5.56 Å². The molecule has 1 heterocycles. The maximum atomic E-state index is 12.4. The summed E-state index contributed by atoms with van der Waals surface area (Å²) in [6, 6.07) is 16.4. The van der Waals surface area contributed by atoms with Crippen LogP contribution in [0.5, 0.6) is 0 Å². The van der Waals surface area contributed by atoms with Crippen molar-refractivity contribution in [1.29, 1.82) is 0 Å². The summed E-state index contributed by atoms with van der Waals surface area (Å²) in [4.78, 5) is 14.6. The number of halogens is 1. The molecule has 0 saturated carbocycles. The molecule has 1 aliphatic rings. The molecule has 0 bridgehead atoms. The summed E-state index contributed by atoms with van der Waals surface area (Å²) < 4.78 is 0. The van der Waals surface area contributed by atoms with E-state index in [0.717, 1.165) is 24.9 Å². The van der Waals surface area contributed by atoms with Gasteiger partial charge in [0.15, 0.2) is 0 Å². The van der Waals surface area contributed by atoms with E-state index in [0.29, 0.717) is 23.3 Å². The molecular weight excluding hydrogens is 308 g/mol. The van der Waals surface area contributed by atoms with Crippen LogP contribution in [0.4, 0.5) is 5.69 Å². The zero-order chi connectivity index (χ0) is 16.2. The first kappa shape index (κ1) is 16.0. The molecule has 0 aliphatic carbocycles. The maximum absolute atomic E-state index is 12.4. The van der Waals surface area contributed by atoms with Crippen molar-refractivity contribution < 1.29 is 4.79 Å². The number of hydrogen-bond acceptors (Lipinski definition) is 2. The highest BCUT2D eigenvalue weighted by Crippen LogP contribution is 2.31. The minimum absolute atomic E-state index is 0.0152. The SMILES string of the molecule is Cc1ccc(NC(=O)CN2CCC[C@@H]2c2ccccc2)c(Cl)c1.